The molecule has 0 aliphatic carbocycles. The monoisotopic (exact) mass is 992 g/mol. The van der Waals surface area contributed by atoms with Crippen molar-refractivity contribution in [2.75, 3.05) is 0 Å². The van der Waals surface area contributed by atoms with Crippen LogP contribution in [0.5, 0.6) is 0 Å². The summed E-state index contributed by atoms with van der Waals surface area (Å²) in [5.74, 6) is -0.144. The highest BCUT2D eigenvalue weighted by molar-refractivity contribution is 6.12. The van der Waals surface area contributed by atoms with Crippen LogP contribution in [0.2, 0.25) is 0 Å². The third-order valence-corrected chi connectivity index (χ3v) is 12.1. The Hall–Kier alpha value is -8.34. The molecular weight excluding hydrogens is 964 g/mol. The minimum Gasteiger partial charge on any atom is -0.309 e. The van der Waals surface area contributed by atoms with Crippen molar-refractivity contribution in [3.63, 3.8) is 0 Å². The Bertz CT molecular complexity index is 3520. The zero-order valence-corrected chi connectivity index (χ0v) is 36.4. The fourth-order valence-electron chi connectivity index (χ4n) is 8.73. The van der Waals surface area contributed by atoms with E-state index >= 15 is 4.39 Å². The van der Waals surface area contributed by atoms with Crippen LogP contribution in [-0.2, 0) is 24.7 Å². The molecule has 360 valence electrons. The smallest absolute Gasteiger partial charge is 0.309 e. The van der Waals surface area contributed by atoms with Gasteiger partial charge in [0.05, 0.1) is 39.0 Å². The summed E-state index contributed by atoms with van der Waals surface area (Å²) in [5, 5.41) is 0.541. The average Bonchev–Trinajstić information content (AvgIpc) is 3.68. The Labute approximate surface area is 399 Å². The van der Waals surface area contributed by atoms with Crippen molar-refractivity contribution in [1.29, 1.82) is 0 Å². The molecule has 0 spiro atoms. The Morgan fingerprint density at radius 3 is 1.15 bits per heavy atom. The van der Waals surface area contributed by atoms with Crippen molar-refractivity contribution < 1.29 is 57.1 Å². The summed E-state index contributed by atoms with van der Waals surface area (Å²) in [6, 6.07) is 38.1. The SMILES string of the molecule is Fc1ccccc1-c1ccc(-c2nc(-c3ccccc3)nc(-c3ccccc3)n2)cc1-n1c2cc(-c3ccc(C(F)(F)F)cc3C(F)(F)F)ccc2c2ccc(-c3ccc(C(F)(F)F)cc3C(F)(F)F)cc21. The van der Waals surface area contributed by atoms with Gasteiger partial charge >= 0.3 is 24.7 Å². The third kappa shape index (κ3) is 8.90. The molecule has 2 aromatic heterocycles. The first-order valence-corrected chi connectivity index (χ1v) is 21.6. The summed E-state index contributed by atoms with van der Waals surface area (Å²) >= 11 is 0. The summed E-state index contributed by atoms with van der Waals surface area (Å²) in [6.45, 7) is 0. The van der Waals surface area contributed by atoms with Crippen molar-refractivity contribution in [1.82, 2.24) is 19.5 Å². The second-order valence-electron chi connectivity index (χ2n) is 16.6. The number of rotatable bonds is 7. The molecule has 0 amide bonds. The van der Waals surface area contributed by atoms with Crippen LogP contribution in [0.4, 0.5) is 57.1 Å². The second kappa shape index (κ2) is 17.5. The molecule has 0 bridgehead atoms. The van der Waals surface area contributed by atoms with Crippen LogP contribution >= 0.6 is 0 Å². The molecule has 0 radical (unpaired) electrons. The molecule has 10 aromatic rings. The predicted octanol–water partition coefficient (Wildman–Crippen LogP) is 17.2. The Kier molecular flexibility index (Phi) is 11.5. The predicted molar refractivity (Wildman–Crippen MR) is 247 cm³/mol. The molecular formula is C55H29F13N4. The van der Waals surface area contributed by atoms with Gasteiger partial charge in [0.1, 0.15) is 5.82 Å². The zero-order valence-electron chi connectivity index (χ0n) is 36.4. The maximum Gasteiger partial charge on any atom is 0.417 e. The van der Waals surface area contributed by atoms with Gasteiger partial charge in [0.25, 0.3) is 0 Å². The molecule has 2 heterocycles. The van der Waals surface area contributed by atoms with Crippen LogP contribution in [0.1, 0.15) is 22.3 Å². The molecule has 10 rings (SSSR count). The average molecular weight is 993 g/mol. The number of nitrogens with zero attached hydrogens (tertiary/aromatic N) is 4. The van der Waals surface area contributed by atoms with Crippen molar-refractivity contribution >= 4 is 21.8 Å². The number of halogens is 13. The van der Waals surface area contributed by atoms with Gasteiger partial charge in [-0.3, -0.25) is 0 Å². The Morgan fingerprint density at radius 2 is 0.722 bits per heavy atom. The normalized spacial score (nSPS) is 12.5. The molecule has 72 heavy (non-hydrogen) atoms. The molecule has 0 fully saturated rings. The van der Waals surface area contributed by atoms with Crippen molar-refractivity contribution in [2.24, 2.45) is 0 Å². The molecule has 0 saturated heterocycles. The van der Waals surface area contributed by atoms with Gasteiger partial charge in [-0.15, -0.1) is 0 Å². The Morgan fingerprint density at radius 1 is 0.319 bits per heavy atom. The van der Waals surface area contributed by atoms with Crippen LogP contribution in [0, 0.1) is 5.82 Å². The summed E-state index contributed by atoms with van der Waals surface area (Å²) in [4.78, 5) is 14.4. The molecule has 0 unspecified atom stereocenters. The van der Waals surface area contributed by atoms with Gasteiger partial charge < -0.3 is 4.57 Å². The number of fused-ring (bicyclic) bond motifs is 3. The summed E-state index contributed by atoms with van der Waals surface area (Å²) < 4.78 is 189. The molecule has 0 N–H and O–H groups in total. The molecule has 0 saturated carbocycles. The van der Waals surface area contributed by atoms with E-state index in [4.69, 9.17) is 15.0 Å². The number of hydrogen-bond acceptors (Lipinski definition) is 3. The standard InChI is InChI=1S/C55H29F13N4/c56-45-14-8-7-13-39(45)40-22-17-34(51-70-49(30-9-3-1-4-10-30)69-50(71-51)31-11-5-2-6-12-31)27-48(40)72-46-25-32(37-23-18-35(52(57,58)59)28-43(37)54(63,64)65)15-20-41(46)42-21-16-33(26-47(42)72)38-24-19-36(53(60,61)62)29-44(38)55(66,67)68/h1-29H. The summed E-state index contributed by atoms with van der Waals surface area (Å²) in [6.07, 6.45) is -20.9. The van der Waals surface area contributed by atoms with E-state index in [0.717, 1.165) is 0 Å². The zero-order chi connectivity index (χ0) is 50.9. The van der Waals surface area contributed by atoms with E-state index in [2.05, 4.69) is 0 Å². The lowest BCUT2D eigenvalue weighted by Crippen LogP contribution is -2.12. The van der Waals surface area contributed by atoms with E-state index < -0.39 is 63.9 Å². The minimum absolute atomic E-state index is 0.00357. The van der Waals surface area contributed by atoms with E-state index in [1.54, 1.807) is 66.7 Å². The molecule has 8 aromatic carbocycles. The first-order valence-electron chi connectivity index (χ1n) is 21.6. The van der Waals surface area contributed by atoms with Crippen LogP contribution < -0.4 is 0 Å². The summed E-state index contributed by atoms with van der Waals surface area (Å²) in [5.41, 5.74) is -6.30. The van der Waals surface area contributed by atoms with Gasteiger partial charge in [-0.25, -0.2) is 19.3 Å². The molecule has 17 heteroatoms. The molecule has 0 aliphatic heterocycles. The maximum absolute atomic E-state index is 16.1. The fourth-order valence-corrected chi connectivity index (χ4v) is 8.73. The molecule has 0 aliphatic rings. The van der Waals surface area contributed by atoms with Crippen LogP contribution in [0.25, 0.3) is 95.0 Å². The van der Waals surface area contributed by atoms with Gasteiger partial charge in [-0.1, -0.05) is 127 Å². The van der Waals surface area contributed by atoms with Crippen LogP contribution in [-0.4, -0.2) is 19.5 Å². The molecule has 0 atom stereocenters. The Balaban J connectivity index is 1.31. The van der Waals surface area contributed by atoms with Crippen molar-refractivity contribution in [3.05, 3.63) is 204 Å². The van der Waals surface area contributed by atoms with Gasteiger partial charge in [0.2, 0.25) is 0 Å². The summed E-state index contributed by atoms with van der Waals surface area (Å²) in [7, 11) is 0. The lowest BCUT2D eigenvalue weighted by atomic mass is 9.95. The van der Waals surface area contributed by atoms with Crippen LogP contribution in [0.15, 0.2) is 176 Å². The quantitative estimate of drug-likeness (QED) is 0.149. The van der Waals surface area contributed by atoms with Crippen molar-refractivity contribution in [3.8, 4) is 73.2 Å². The fraction of sp³-hybridized carbons (Fsp3) is 0.0727. The van der Waals surface area contributed by atoms with E-state index in [0.29, 0.717) is 35.4 Å². The number of aromatic nitrogens is 4. The lowest BCUT2D eigenvalue weighted by Gasteiger charge is -2.19. The number of alkyl halides is 12. The molecule has 4 nitrogen and oxygen atoms in total. The number of benzene rings is 8. The third-order valence-electron chi connectivity index (χ3n) is 12.1. The lowest BCUT2D eigenvalue weighted by molar-refractivity contribution is -0.144. The van der Waals surface area contributed by atoms with Gasteiger partial charge in [-0.05, 0) is 70.8 Å². The first-order chi connectivity index (χ1) is 34.1. The highest BCUT2D eigenvalue weighted by Crippen LogP contribution is 2.47. The topological polar surface area (TPSA) is 43.6 Å². The van der Waals surface area contributed by atoms with E-state index in [9.17, 15) is 52.7 Å². The number of hydrogen-bond donors (Lipinski definition) is 0. The van der Waals surface area contributed by atoms with E-state index in [1.807, 2.05) is 0 Å². The maximum atomic E-state index is 16.1. The first kappa shape index (κ1) is 47.3. The van der Waals surface area contributed by atoms with Gasteiger partial charge in [-0.2, -0.15) is 52.7 Å². The van der Waals surface area contributed by atoms with E-state index in [1.165, 1.54) is 77.4 Å². The largest absolute Gasteiger partial charge is 0.417 e. The minimum atomic E-state index is -5.29. The highest BCUT2D eigenvalue weighted by atomic mass is 19.4. The van der Waals surface area contributed by atoms with Gasteiger partial charge in [0, 0.05) is 38.6 Å². The van der Waals surface area contributed by atoms with Gasteiger partial charge in [0.15, 0.2) is 17.5 Å². The van der Waals surface area contributed by atoms with E-state index in [-0.39, 0.29) is 84.9 Å². The highest BCUT2D eigenvalue weighted by Gasteiger charge is 2.40. The van der Waals surface area contributed by atoms with Crippen molar-refractivity contribution in [2.45, 2.75) is 24.7 Å². The van der Waals surface area contributed by atoms with Crippen LogP contribution in [0.3, 0.4) is 0 Å². The second-order valence-corrected chi connectivity index (χ2v) is 16.6.